The Morgan fingerprint density at radius 2 is 1.86 bits per heavy atom. The number of nitrogens with zero attached hydrogens (tertiary/aromatic N) is 1. The molecule has 1 aromatic carbocycles. The van der Waals surface area contributed by atoms with Gasteiger partial charge in [-0.1, -0.05) is 0 Å². The minimum atomic E-state index is -1.04. The molecular weight excluding hydrogens is 282 g/mol. The highest BCUT2D eigenvalue weighted by Crippen LogP contribution is 2.25. The number of carboxylic acids is 1. The summed E-state index contributed by atoms with van der Waals surface area (Å²) in [7, 11) is 3.28. The van der Waals surface area contributed by atoms with Crippen molar-refractivity contribution in [1.82, 2.24) is 4.57 Å². The van der Waals surface area contributed by atoms with Crippen LogP contribution in [0.4, 0.5) is 0 Å². The lowest BCUT2D eigenvalue weighted by molar-refractivity contribution is -0.305. The number of carbonyl (C=O) groups excluding carboxylic acids is 1. The normalized spacial score (nSPS) is 10.6. The van der Waals surface area contributed by atoms with Crippen LogP contribution >= 0.6 is 0 Å². The van der Waals surface area contributed by atoms with Crippen LogP contribution in [0.25, 0.3) is 11.3 Å². The van der Waals surface area contributed by atoms with Crippen molar-refractivity contribution in [1.29, 1.82) is 0 Å². The summed E-state index contributed by atoms with van der Waals surface area (Å²) < 4.78 is 12.4. The largest absolute Gasteiger partial charge is 0.550 e. The Balaban J connectivity index is 2.30. The van der Waals surface area contributed by atoms with E-state index in [2.05, 4.69) is 4.57 Å². The molecule has 0 radical (unpaired) electrons. The first-order chi connectivity index (χ1) is 10.7. The zero-order valence-corrected chi connectivity index (χ0v) is 12.9. The molecule has 0 aliphatic carbocycles. The number of methoxy groups -OCH3 is 2. The summed E-state index contributed by atoms with van der Waals surface area (Å²) in [6.07, 6.45) is 0.460. The maximum absolute atomic E-state index is 10.7. The summed E-state index contributed by atoms with van der Waals surface area (Å²) in [5, 5.41) is 10.7. The van der Waals surface area contributed by atoms with Gasteiger partial charge >= 0.3 is 0 Å². The summed E-state index contributed by atoms with van der Waals surface area (Å²) in [5.74, 6) is -0.235. The van der Waals surface area contributed by atoms with Gasteiger partial charge < -0.3 is 23.9 Å². The molecule has 0 bridgehead atoms. The minimum Gasteiger partial charge on any atom is -0.550 e. The summed E-state index contributed by atoms with van der Waals surface area (Å²) in [6, 6.07) is 11.7. The molecular formula is C17H20NO4-. The second-order valence-corrected chi connectivity index (χ2v) is 4.95. The monoisotopic (exact) mass is 302 g/mol. The lowest BCUT2D eigenvalue weighted by atomic mass is 10.1. The van der Waals surface area contributed by atoms with Gasteiger partial charge in [0.2, 0.25) is 0 Å². The van der Waals surface area contributed by atoms with Crippen molar-refractivity contribution in [3.05, 3.63) is 42.1 Å². The van der Waals surface area contributed by atoms with Gasteiger partial charge in [-0.2, -0.15) is 0 Å². The number of aliphatic carboxylic acids is 1. The van der Waals surface area contributed by atoms with Crippen LogP contribution in [0.3, 0.4) is 0 Å². The average Bonchev–Trinajstić information content (AvgIpc) is 2.93. The second kappa shape index (κ2) is 7.66. The summed E-state index contributed by atoms with van der Waals surface area (Å²) in [4.78, 5) is 10.7. The first kappa shape index (κ1) is 16.1. The topological polar surface area (TPSA) is 63.5 Å². The van der Waals surface area contributed by atoms with E-state index < -0.39 is 5.97 Å². The Hall–Kier alpha value is -2.27. The van der Waals surface area contributed by atoms with E-state index in [9.17, 15) is 9.90 Å². The maximum Gasteiger partial charge on any atom is 0.118 e. The molecule has 0 fully saturated rings. The molecule has 22 heavy (non-hydrogen) atoms. The van der Waals surface area contributed by atoms with E-state index in [0.717, 1.165) is 22.7 Å². The van der Waals surface area contributed by atoms with Crippen LogP contribution in [0.15, 0.2) is 36.4 Å². The Kier molecular flexibility index (Phi) is 5.61. The number of aromatic nitrogens is 1. The number of ether oxygens (including phenoxy) is 2. The zero-order valence-electron chi connectivity index (χ0n) is 12.9. The fourth-order valence-corrected chi connectivity index (χ4v) is 2.42. The van der Waals surface area contributed by atoms with Gasteiger partial charge in [-0.25, -0.2) is 0 Å². The van der Waals surface area contributed by atoms with Crippen LogP contribution in [0, 0.1) is 0 Å². The SMILES string of the molecule is COCCn1c(CCC(=O)[O-])ccc1-c1ccc(OC)cc1. The fourth-order valence-electron chi connectivity index (χ4n) is 2.42. The molecule has 0 aliphatic rings. The van der Waals surface area contributed by atoms with Crippen molar-refractivity contribution in [2.24, 2.45) is 0 Å². The van der Waals surface area contributed by atoms with Crippen molar-refractivity contribution in [2.45, 2.75) is 19.4 Å². The molecule has 5 heteroatoms. The van der Waals surface area contributed by atoms with Crippen LogP contribution in [-0.2, 0) is 22.5 Å². The van der Waals surface area contributed by atoms with Crippen LogP contribution in [-0.4, -0.2) is 31.4 Å². The third-order valence-corrected chi connectivity index (χ3v) is 3.56. The highest BCUT2D eigenvalue weighted by molar-refractivity contribution is 5.65. The second-order valence-electron chi connectivity index (χ2n) is 4.95. The standard InChI is InChI=1S/C17H21NO4/c1-21-12-11-18-14(6-10-17(19)20)5-9-16(18)13-3-7-15(22-2)8-4-13/h3-5,7-9H,6,10-12H2,1-2H3,(H,19,20)/p-1. The minimum absolute atomic E-state index is 0.0129. The van der Waals surface area contributed by atoms with E-state index in [1.807, 2.05) is 36.4 Å². The molecule has 1 heterocycles. The predicted molar refractivity (Wildman–Crippen MR) is 81.6 cm³/mol. The first-order valence-corrected chi connectivity index (χ1v) is 7.17. The van der Waals surface area contributed by atoms with Gasteiger partial charge in [-0.15, -0.1) is 0 Å². The molecule has 0 aliphatic heterocycles. The summed E-state index contributed by atoms with van der Waals surface area (Å²) >= 11 is 0. The van der Waals surface area contributed by atoms with E-state index in [-0.39, 0.29) is 6.42 Å². The third-order valence-electron chi connectivity index (χ3n) is 3.56. The van der Waals surface area contributed by atoms with Gasteiger partial charge in [0.25, 0.3) is 0 Å². The van der Waals surface area contributed by atoms with Crippen LogP contribution in [0.1, 0.15) is 12.1 Å². The molecule has 1 aromatic heterocycles. The van der Waals surface area contributed by atoms with Gasteiger partial charge in [-0.3, -0.25) is 0 Å². The molecule has 2 aromatic rings. The van der Waals surface area contributed by atoms with E-state index in [4.69, 9.17) is 9.47 Å². The Labute approximate surface area is 130 Å². The third kappa shape index (κ3) is 3.89. The Morgan fingerprint density at radius 1 is 1.14 bits per heavy atom. The quantitative estimate of drug-likeness (QED) is 0.741. The first-order valence-electron chi connectivity index (χ1n) is 7.17. The van der Waals surface area contributed by atoms with E-state index in [0.29, 0.717) is 19.6 Å². The van der Waals surface area contributed by atoms with Gasteiger partial charge in [0.05, 0.1) is 13.7 Å². The Bertz CT molecular complexity index is 616. The van der Waals surface area contributed by atoms with E-state index >= 15 is 0 Å². The van der Waals surface area contributed by atoms with Crippen molar-refractivity contribution >= 4 is 5.97 Å². The molecule has 0 N–H and O–H groups in total. The highest BCUT2D eigenvalue weighted by Gasteiger charge is 2.10. The number of rotatable bonds is 8. The lowest BCUT2D eigenvalue weighted by Crippen LogP contribution is -2.23. The average molecular weight is 302 g/mol. The van der Waals surface area contributed by atoms with E-state index in [1.165, 1.54) is 0 Å². The van der Waals surface area contributed by atoms with Crippen LogP contribution in [0.5, 0.6) is 5.75 Å². The smallest absolute Gasteiger partial charge is 0.118 e. The van der Waals surface area contributed by atoms with Gasteiger partial charge in [0, 0.05) is 31.0 Å². The number of carbonyl (C=O) groups is 1. The lowest BCUT2D eigenvalue weighted by Gasteiger charge is -2.14. The molecule has 118 valence electrons. The molecule has 0 amide bonds. The van der Waals surface area contributed by atoms with Crippen molar-refractivity contribution in [3.63, 3.8) is 0 Å². The van der Waals surface area contributed by atoms with Crippen LogP contribution in [0.2, 0.25) is 0 Å². The number of carboxylic acid groups (broad SMARTS) is 1. The van der Waals surface area contributed by atoms with E-state index in [1.54, 1.807) is 14.2 Å². The predicted octanol–water partition coefficient (Wildman–Crippen LogP) is 1.49. The molecule has 0 unspecified atom stereocenters. The number of hydrogen-bond donors (Lipinski definition) is 0. The molecule has 0 saturated carbocycles. The number of hydrogen-bond acceptors (Lipinski definition) is 4. The maximum atomic E-state index is 10.7. The molecule has 0 atom stereocenters. The highest BCUT2D eigenvalue weighted by atomic mass is 16.5. The summed E-state index contributed by atoms with van der Waals surface area (Å²) in [6.45, 7) is 1.24. The van der Waals surface area contributed by atoms with Gasteiger partial charge in [0.15, 0.2) is 0 Å². The Morgan fingerprint density at radius 3 is 2.45 bits per heavy atom. The molecule has 0 spiro atoms. The molecule has 5 nitrogen and oxygen atoms in total. The van der Waals surface area contributed by atoms with Crippen LogP contribution < -0.4 is 9.84 Å². The van der Waals surface area contributed by atoms with Gasteiger partial charge in [-0.05, 0) is 54.8 Å². The van der Waals surface area contributed by atoms with Crippen molar-refractivity contribution in [3.8, 4) is 17.0 Å². The molecule has 0 saturated heterocycles. The zero-order chi connectivity index (χ0) is 15.9. The number of benzene rings is 1. The van der Waals surface area contributed by atoms with Crippen molar-refractivity contribution in [2.75, 3.05) is 20.8 Å². The van der Waals surface area contributed by atoms with Crippen molar-refractivity contribution < 1.29 is 19.4 Å². The fraction of sp³-hybridized carbons (Fsp3) is 0.353. The summed E-state index contributed by atoms with van der Waals surface area (Å²) in [5.41, 5.74) is 3.05. The molecule has 2 rings (SSSR count). The number of aryl methyl sites for hydroxylation is 1. The van der Waals surface area contributed by atoms with Gasteiger partial charge in [0.1, 0.15) is 5.75 Å².